The van der Waals surface area contributed by atoms with E-state index in [1.165, 1.54) is 0 Å². The van der Waals surface area contributed by atoms with Gasteiger partial charge in [-0.15, -0.1) is 0 Å². The lowest BCUT2D eigenvalue weighted by Crippen LogP contribution is -2.40. The van der Waals surface area contributed by atoms with E-state index in [0.717, 1.165) is 30.6 Å². The fourth-order valence-electron chi connectivity index (χ4n) is 3.30. The highest BCUT2D eigenvalue weighted by Crippen LogP contribution is 2.21. The molecule has 138 valence electrons. The van der Waals surface area contributed by atoms with Crippen LogP contribution in [0.25, 0.3) is 11.4 Å². The first-order valence-corrected chi connectivity index (χ1v) is 9.09. The number of carbonyl (C=O) groups is 1. The summed E-state index contributed by atoms with van der Waals surface area (Å²) in [7, 11) is 0. The van der Waals surface area contributed by atoms with Crippen molar-refractivity contribution in [1.82, 2.24) is 20.0 Å². The molecule has 27 heavy (non-hydrogen) atoms. The molecule has 3 heterocycles. The molecular weight excluding hydrogens is 342 g/mol. The second-order valence-corrected chi connectivity index (χ2v) is 6.68. The van der Waals surface area contributed by atoms with Crippen LogP contribution >= 0.6 is 0 Å². The number of rotatable bonds is 5. The molecule has 7 nitrogen and oxygen atoms in total. The second kappa shape index (κ2) is 8.09. The number of anilines is 1. The minimum Gasteiger partial charge on any atom is -0.338 e. The number of para-hydroxylation sites is 1. The number of nitrogens with zero attached hydrogens (tertiary/aromatic N) is 4. The highest BCUT2D eigenvalue weighted by atomic mass is 16.5. The lowest BCUT2D eigenvalue weighted by Gasteiger charge is -2.30. The third-order valence-corrected chi connectivity index (χ3v) is 4.66. The van der Waals surface area contributed by atoms with Crippen molar-refractivity contribution in [3.63, 3.8) is 0 Å². The normalized spacial score (nSPS) is 17.6. The number of carbonyl (C=O) groups excluding carboxylic acids is 1. The zero-order chi connectivity index (χ0) is 18.5. The Morgan fingerprint density at radius 3 is 2.93 bits per heavy atom. The minimum atomic E-state index is -0.0420. The largest absolute Gasteiger partial charge is 0.338 e. The predicted octanol–water partition coefficient (Wildman–Crippen LogP) is 2.98. The molecule has 4 rings (SSSR count). The summed E-state index contributed by atoms with van der Waals surface area (Å²) in [5.74, 6) is 1.11. The zero-order valence-corrected chi connectivity index (χ0v) is 14.9. The fraction of sp³-hybridized carbons (Fsp3) is 0.300. The van der Waals surface area contributed by atoms with E-state index in [1.807, 2.05) is 42.5 Å². The lowest BCUT2D eigenvalue weighted by molar-refractivity contribution is -0.121. The number of nitrogens with one attached hydrogen (secondary N) is 1. The smallest absolute Gasteiger partial charge is 0.241 e. The maximum absolute atomic E-state index is 12.6. The fourth-order valence-corrected chi connectivity index (χ4v) is 3.30. The summed E-state index contributed by atoms with van der Waals surface area (Å²) in [6.07, 6.45) is 5.27. The molecule has 1 fully saturated rings. The van der Waals surface area contributed by atoms with Crippen LogP contribution < -0.4 is 5.32 Å². The van der Waals surface area contributed by atoms with Crippen LogP contribution in [0.5, 0.6) is 0 Å². The van der Waals surface area contributed by atoms with Crippen LogP contribution in [-0.2, 0) is 11.3 Å². The van der Waals surface area contributed by atoms with Crippen molar-refractivity contribution >= 4 is 11.6 Å². The number of aromatic nitrogens is 3. The molecule has 0 bridgehead atoms. The van der Waals surface area contributed by atoms with Gasteiger partial charge in [0.2, 0.25) is 17.6 Å². The van der Waals surface area contributed by atoms with Crippen molar-refractivity contribution in [3.8, 4) is 11.4 Å². The molecule has 1 saturated heterocycles. The summed E-state index contributed by atoms with van der Waals surface area (Å²) < 4.78 is 5.38. The minimum absolute atomic E-state index is 0.0420. The van der Waals surface area contributed by atoms with Crippen LogP contribution in [0.2, 0.25) is 0 Å². The van der Waals surface area contributed by atoms with Gasteiger partial charge < -0.3 is 9.84 Å². The van der Waals surface area contributed by atoms with Gasteiger partial charge in [-0.25, -0.2) is 0 Å². The molecular formula is C20H21N5O2. The topological polar surface area (TPSA) is 84.2 Å². The molecule has 1 aromatic carbocycles. The summed E-state index contributed by atoms with van der Waals surface area (Å²) >= 11 is 0. The molecule has 0 aliphatic carbocycles. The van der Waals surface area contributed by atoms with Crippen molar-refractivity contribution in [2.75, 3.05) is 18.4 Å². The molecule has 0 spiro atoms. The molecule has 1 aliphatic rings. The van der Waals surface area contributed by atoms with Crippen molar-refractivity contribution in [2.45, 2.75) is 19.4 Å². The maximum atomic E-state index is 12.6. The van der Waals surface area contributed by atoms with Gasteiger partial charge in [-0.1, -0.05) is 23.4 Å². The Bertz CT molecular complexity index is 882. The van der Waals surface area contributed by atoms with E-state index in [-0.39, 0.29) is 11.8 Å². The number of piperidine rings is 1. The van der Waals surface area contributed by atoms with E-state index in [2.05, 4.69) is 25.3 Å². The number of hydrogen-bond acceptors (Lipinski definition) is 6. The van der Waals surface area contributed by atoms with Crippen LogP contribution in [0.1, 0.15) is 18.7 Å². The van der Waals surface area contributed by atoms with Gasteiger partial charge in [0.15, 0.2) is 0 Å². The highest BCUT2D eigenvalue weighted by molar-refractivity contribution is 5.92. The number of likely N-dealkylation sites (tertiary alicyclic amines) is 1. The first-order valence-electron chi connectivity index (χ1n) is 9.09. The van der Waals surface area contributed by atoms with Gasteiger partial charge in [0.05, 0.1) is 12.5 Å². The molecule has 1 aliphatic heterocycles. The van der Waals surface area contributed by atoms with Gasteiger partial charge in [0.25, 0.3) is 0 Å². The van der Waals surface area contributed by atoms with Gasteiger partial charge in [0, 0.05) is 30.2 Å². The van der Waals surface area contributed by atoms with E-state index in [9.17, 15) is 4.79 Å². The molecule has 1 atom stereocenters. The van der Waals surface area contributed by atoms with Crippen molar-refractivity contribution in [2.24, 2.45) is 5.92 Å². The Hall–Kier alpha value is -3.06. The zero-order valence-electron chi connectivity index (χ0n) is 14.9. The van der Waals surface area contributed by atoms with Crippen molar-refractivity contribution in [1.29, 1.82) is 0 Å². The number of pyridine rings is 1. The molecule has 1 unspecified atom stereocenters. The average Bonchev–Trinajstić information content (AvgIpc) is 3.18. The molecule has 0 radical (unpaired) electrons. The van der Waals surface area contributed by atoms with Gasteiger partial charge in [0.1, 0.15) is 0 Å². The van der Waals surface area contributed by atoms with Gasteiger partial charge in [-0.05, 0) is 43.7 Å². The number of hydrogen-bond donors (Lipinski definition) is 1. The summed E-state index contributed by atoms with van der Waals surface area (Å²) in [5.41, 5.74) is 1.66. The molecule has 2 aromatic heterocycles. The Morgan fingerprint density at radius 1 is 1.22 bits per heavy atom. The Balaban J connectivity index is 1.36. The first kappa shape index (κ1) is 17.4. The van der Waals surface area contributed by atoms with E-state index in [1.54, 1.807) is 12.4 Å². The van der Waals surface area contributed by atoms with Gasteiger partial charge in [-0.3, -0.25) is 14.7 Å². The molecule has 1 N–H and O–H groups in total. The van der Waals surface area contributed by atoms with Crippen LogP contribution in [0.15, 0.2) is 59.4 Å². The molecule has 3 aromatic rings. The monoisotopic (exact) mass is 363 g/mol. The third-order valence-electron chi connectivity index (χ3n) is 4.66. The molecule has 1 amide bonds. The van der Waals surface area contributed by atoms with Crippen molar-refractivity contribution in [3.05, 3.63) is 60.7 Å². The second-order valence-electron chi connectivity index (χ2n) is 6.68. The first-order chi connectivity index (χ1) is 13.3. The predicted molar refractivity (Wildman–Crippen MR) is 101 cm³/mol. The van der Waals surface area contributed by atoms with Crippen LogP contribution in [-0.4, -0.2) is 39.0 Å². The summed E-state index contributed by atoms with van der Waals surface area (Å²) in [6.45, 7) is 2.14. The Kier molecular flexibility index (Phi) is 5.20. The molecule has 7 heteroatoms. The van der Waals surface area contributed by atoms with E-state index < -0.39 is 0 Å². The summed E-state index contributed by atoms with van der Waals surface area (Å²) in [5, 5.41) is 7.03. The van der Waals surface area contributed by atoms with Crippen LogP contribution in [0.4, 0.5) is 5.69 Å². The van der Waals surface area contributed by atoms with Gasteiger partial charge in [-0.2, -0.15) is 4.98 Å². The quantitative estimate of drug-likeness (QED) is 0.750. The Labute approximate surface area is 157 Å². The van der Waals surface area contributed by atoms with Crippen LogP contribution in [0, 0.1) is 5.92 Å². The summed E-state index contributed by atoms with van der Waals surface area (Å²) in [6, 6.07) is 13.3. The van der Waals surface area contributed by atoms with Crippen molar-refractivity contribution < 1.29 is 9.32 Å². The van der Waals surface area contributed by atoms with Gasteiger partial charge >= 0.3 is 0 Å². The average molecular weight is 363 g/mol. The maximum Gasteiger partial charge on any atom is 0.241 e. The van der Waals surface area contributed by atoms with E-state index in [4.69, 9.17) is 4.52 Å². The van der Waals surface area contributed by atoms with E-state index >= 15 is 0 Å². The molecule has 0 saturated carbocycles. The Morgan fingerprint density at radius 2 is 2.11 bits per heavy atom. The lowest BCUT2D eigenvalue weighted by atomic mass is 9.97. The third kappa shape index (κ3) is 4.38. The van der Waals surface area contributed by atoms with E-state index in [0.29, 0.717) is 24.8 Å². The standard InChI is InChI=1S/C20H21N5O2/c26-20(22-17-8-2-1-3-9-17)16-7-5-11-25(13-16)14-18-23-19(24-27-18)15-6-4-10-21-12-15/h1-4,6,8-10,12,16H,5,7,11,13-14H2,(H,22,26). The number of amides is 1. The summed E-state index contributed by atoms with van der Waals surface area (Å²) in [4.78, 5) is 23.3. The highest BCUT2D eigenvalue weighted by Gasteiger charge is 2.27. The van der Waals surface area contributed by atoms with Crippen LogP contribution in [0.3, 0.4) is 0 Å². The SMILES string of the molecule is O=C(Nc1ccccc1)C1CCCN(Cc2nc(-c3cccnc3)no2)C1. The number of benzene rings is 1.